The molecule has 0 atom stereocenters. The Bertz CT molecular complexity index is 1070. The Labute approximate surface area is 177 Å². The Morgan fingerprint density at radius 2 is 1.45 bits per heavy atom. The number of nitrogens with zero attached hydrogens (tertiary/aromatic N) is 2. The van der Waals surface area contributed by atoms with E-state index in [1.54, 1.807) is 24.5 Å². The van der Waals surface area contributed by atoms with Crippen LogP contribution in [0.5, 0.6) is 0 Å². The van der Waals surface area contributed by atoms with Crippen molar-refractivity contribution in [3.8, 4) is 23.0 Å². The van der Waals surface area contributed by atoms with Gasteiger partial charge in [0.25, 0.3) is 0 Å². The summed E-state index contributed by atoms with van der Waals surface area (Å²) in [7, 11) is 0. The predicted molar refractivity (Wildman–Crippen MR) is 108 cm³/mol. The summed E-state index contributed by atoms with van der Waals surface area (Å²) in [6, 6.07) is 7.61. The molecule has 0 aliphatic heterocycles. The lowest BCUT2D eigenvalue weighted by Gasteiger charge is -2.11. The third-order valence-corrected chi connectivity index (χ3v) is 4.64. The Hall–Kier alpha value is -3.27. The van der Waals surface area contributed by atoms with Crippen molar-refractivity contribution < 1.29 is 22.0 Å². The van der Waals surface area contributed by atoms with E-state index < -0.39 is 23.4 Å². The Morgan fingerprint density at radius 3 is 2.00 bits per heavy atom. The van der Waals surface area contributed by atoms with Crippen molar-refractivity contribution in [2.45, 2.75) is 38.8 Å². The lowest BCUT2D eigenvalue weighted by atomic mass is 10.0. The minimum absolute atomic E-state index is 0.00417. The highest BCUT2D eigenvalue weighted by molar-refractivity contribution is 5.65. The molecule has 1 heterocycles. The second-order valence-corrected chi connectivity index (χ2v) is 7.01. The molecule has 2 nitrogen and oxygen atoms in total. The number of unbranched alkanes of at least 4 members (excludes halogenated alkanes) is 2. The number of benzene rings is 2. The Balaban J connectivity index is 1.73. The molecule has 31 heavy (non-hydrogen) atoms. The Morgan fingerprint density at radius 1 is 0.839 bits per heavy atom. The third kappa shape index (κ3) is 5.88. The van der Waals surface area contributed by atoms with Crippen LogP contribution in [0.4, 0.5) is 22.0 Å². The van der Waals surface area contributed by atoms with Gasteiger partial charge in [-0.05, 0) is 59.7 Å². The van der Waals surface area contributed by atoms with E-state index in [9.17, 15) is 22.0 Å². The van der Waals surface area contributed by atoms with Gasteiger partial charge >= 0.3 is 6.18 Å². The molecule has 2 aromatic carbocycles. The average molecular weight is 430 g/mol. The maximum Gasteiger partial charge on any atom is 0.422 e. The number of halogens is 5. The number of rotatable bonds is 5. The van der Waals surface area contributed by atoms with Gasteiger partial charge in [0.05, 0.1) is 0 Å². The molecule has 0 N–H and O–H groups in total. The number of hydrogen-bond acceptors (Lipinski definition) is 2. The van der Waals surface area contributed by atoms with E-state index in [0.29, 0.717) is 29.1 Å². The van der Waals surface area contributed by atoms with Crippen molar-refractivity contribution in [2.24, 2.45) is 0 Å². The van der Waals surface area contributed by atoms with Crippen molar-refractivity contribution in [1.29, 1.82) is 0 Å². The van der Waals surface area contributed by atoms with Gasteiger partial charge in [-0.2, -0.15) is 13.2 Å². The van der Waals surface area contributed by atoms with Crippen LogP contribution in [0.1, 0.15) is 48.7 Å². The van der Waals surface area contributed by atoms with Crippen LogP contribution in [0.3, 0.4) is 0 Å². The monoisotopic (exact) mass is 430 g/mol. The van der Waals surface area contributed by atoms with Crippen LogP contribution in [-0.4, -0.2) is 9.97 Å². The summed E-state index contributed by atoms with van der Waals surface area (Å²) >= 11 is 0. The molecule has 0 saturated heterocycles. The maximum absolute atomic E-state index is 13.8. The summed E-state index contributed by atoms with van der Waals surface area (Å²) in [5.74, 6) is 2.80. The fourth-order valence-corrected chi connectivity index (χ4v) is 3.01. The number of alkyl halides is 3. The summed E-state index contributed by atoms with van der Waals surface area (Å²) in [5, 5.41) is 0. The third-order valence-electron chi connectivity index (χ3n) is 4.64. The van der Waals surface area contributed by atoms with Crippen LogP contribution >= 0.6 is 0 Å². The van der Waals surface area contributed by atoms with E-state index in [2.05, 4.69) is 28.7 Å². The lowest BCUT2D eigenvalue weighted by molar-refractivity contribution is -0.142. The quantitative estimate of drug-likeness (QED) is 0.260. The van der Waals surface area contributed by atoms with Gasteiger partial charge in [-0.3, -0.25) is 0 Å². The molecule has 0 aliphatic rings. The molecule has 3 aromatic rings. The largest absolute Gasteiger partial charge is 0.422 e. The van der Waals surface area contributed by atoms with E-state index in [-0.39, 0.29) is 5.56 Å². The van der Waals surface area contributed by atoms with Gasteiger partial charge in [0, 0.05) is 18.0 Å². The molecule has 0 unspecified atom stereocenters. The van der Waals surface area contributed by atoms with E-state index >= 15 is 0 Å². The van der Waals surface area contributed by atoms with E-state index in [1.807, 2.05) is 0 Å². The average Bonchev–Trinajstić information content (AvgIpc) is 2.72. The number of aryl methyl sites for hydroxylation is 1. The van der Waals surface area contributed by atoms with Crippen molar-refractivity contribution in [3.05, 3.63) is 82.9 Å². The van der Waals surface area contributed by atoms with Gasteiger partial charge in [0.2, 0.25) is 5.82 Å². The molecule has 0 fully saturated rings. The van der Waals surface area contributed by atoms with Crippen molar-refractivity contribution >= 4 is 0 Å². The first-order chi connectivity index (χ1) is 14.8. The van der Waals surface area contributed by atoms with Gasteiger partial charge in [0.1, 0.15) is 17.2 Å². The number of aromatic nitrogens is 2. The molecule has 1 aromatic heterocycles. The highest BCUT2D eigenvalue weighted by Crippen LogP contribution is 2.35. The van der Waals surface area contributed by atoms with Crippen molar-refractivity contribution in [1.82, 2.24) is 9.97 Å². The molecule has 0 radical (unpaired) electrons. The van der Waals surface area contributed by atoms with Crippen molar-refractivity contribution in [2.75, 3.05) is 0 Å². The molecule has 7 heteroatoms. The first-order valence-electron chi connectivity index (χ1n) is 9.77. The molecule has 3 rings (SSSR count). The molecule has 0 saturated carbocycles. The normalized spacial score (nSPS) is 11.2. The van der Waals surface area contributed by atoms with Crippen LogP contribution in [0, 0.1) is 23.5 Å². The summed E-state index contributed by atoms with van der Waals surface area (Å²) < 4.78 is 65.7. The predicted octanol–water partition coefficient (Wildman–Crippen LogP) is 6.57. The zero-order valence-electron chi connectivity index (χ0n) is 16.7. The van der Waals surface area contributed by atoms with E-state index in [1.165, 1.54) is 12.1 Å². The summed E-state index contributed by atoms with van der Waals surface area (Å²) in [4.78, 5) is 8.45. The number of hydrogen-bond donors (Lipinski definition) is 0. The van der Waals surface area contributed by atoms with Gasteiger partial charge in [-0.15, -0.1) is 0 Å². The SMILES string of the molecule is CCCCCc1cnc(C#Cc2ccc(-c3cc(F)c(C(F)(F)F)c(F)c3)cc2)nc1. The maximum atomic E-state index is 13.8. The van der Waals surface area contributed by atoms with Crippen LogP contribution in [0.25, 0.3) is 11.1 Å². The Kier molecular flexibility index (Phi) is 7.01. The second-order valence-electron chi connectivity index (χ2n) is 7.01. The lowest BCUT2D eigenvalue weighted by Crippen LogP contribution is -2.11. The standard InChI is InChI=1S/C24H19F5N2/c1-2-3-4-5-17-14-30-22(31-15-17)11-8-16-6-9-18(10-7-16)19-12-20(25)23(21(26)13-19)24(27,28)29/h6-7,9-10,12-15H,2-5H2,1H3. The van der Waals surface area contributed by atoms with Gasteiger partial charge in [-0.1, -0.05) is 37.8 Å². The second kappa shape index (κ2) is 9.69. The molecular weight excluding hydrogens is 411 g/mol. The molecule has 0 aliphatic carbocycles. The topological polar surface area (TPSA) is 25.8 Å². The molecule has 0 bridgehead atoms. The highest BCUT2D eigenvalue weighted by atomic mass is 19.4. The van der Waals surface area contributed by atoms with Crippen LogP contribution in [0.15, 0.2) is 48.8 Å². The van der Waals surface area contributed by atoms with Crippen LogP contribution in [-0.2, 0) is 12.6 Å². The van der Waals surface area contributed by atoms with Crippen LogP contribution < -0.4 is 0 Å². The smallest absolute Gasteiger partial charge is 0.229 e. The van der Waals surface area contributed by atoms with E-state index in [4.69, 9.17) is 0 Å². The fraction of sp³-hybridized carbons (Fsp3) is 0.250. The molecule has 0 amide bonds. The minimum Gasteiger partial charge on any atom is -0.229 e. The first kappa shape index (κ1) is 22.4. The van der Waals surface area contributed by atoms with E-state index in [0.717, 1.165) is 31.2 Å². The first-order valence-corrected chi connectivity index (χ1v) is 9.77. The zero-order chi connectivity index (χ0) is 22.4. The molecule has 0 spiro atoms. The van der Waals surface area contributed by atoms with Gasteiger partial charge < -0.3 is 0 Å². The summed E-state index contributed by atoms with van der Waals surface area (Å²) in [6.45, 7) is 2.14. The van der Waals surface area contributed by atoms with Crippen molar-refractivity contribution in [3.63, 3.8) is 0 Å². The molecular formula is C24H19F5N2. The van der Waals surface area contributed by atoms with Crippen LogP contribution in [0.2, 0.25) is 0 Å². The zero-order valence-corrected chi connectivity index (χ0v) is 16.7. The highest BCUT2D eigenvalue weighted by Gasteiger charge is 2.37. The summed E-state index contributed by atoms with van der Waals surface area (Å²) in [5.41, 5.74) is 0.135. The minimum atomic E-state index is -5.10. The fourth-order valence-electron chi connectivity index (χ4n) is 3.01. The van der Waals surface area contributed by atoms with Gasteiger partial charge in [0.15, 0.2) is 0 Å². The van der Waals surface area contributed by atoms with Gasteiger partial charge in [-0.25, -0.2) is 18.7 Å². The molecule has 160 valence electrons. The summed E-state index contributed by atoms with van der Waals surface area (Å²) in [6.07, 6.45) is 2.72.